The Kier molecular flexibility index (Phi) is 4.83. The number of aromatic nitrogens is 3. The van der Waals surface area contributed by atoms with Gasteiger partial charge in [-0.15, -0.1) is 0 Å². The molecule has 126 valence electrons. The van der Waals surface area contributed by atoms with E-state index in [1.54, 1.807) is 24.5 Å². The number of rotatable bonds is 5. The first-order valence-electron chi connectivity index (χ1n) is 8.13. The molecule has 1 fully saturated rings. The lowest BCUT2D eigenvalue weighted by molar-refractivity contribution is -0.383. The third kappa shape index (κ3) is 3.27. The number of nitro groups is 1. The maximum absolute atomic E-state index is 11.7. The van der Waals surface area contributed by atoms with Crippen molar-refractivity contribution in [3.63, 3.8) is 0 Å². The second-order valence-corrected chi connectivity index (χ2v) is 5.76. The fourth-order valence-corrected chi connectivity index (χ4v) is 3.12. The van der Waals surface area contributed by atoms with Crippen LogP contribution in [-0.4, -0.2) is 32.5 Å². The molecule has 0 saturated carbocycles. The maximum Gasteiger partial charge on any atom is 0.353 e. The summed E-state index contributed by atoms with van der Waals surface area (Å²) in [7, 11) is 0. The summed E-state index contributed by atoms with van der Waals surface area (Å²) in [4.78, 5) is 25.6. The minimum Gasteiger partial charge on any atom is -0.348 e. The third-order valence-electron chi connectivity index (χ3n) is 4.30. The lowest BCUT2D eigenvalue weighted by atomic mass is 10.00. The van der Waals surface area contributed by atoms with Crippen molar-refractivity contribution < 1.29 is 4.92 Å². The van der Waals surface area contributed by atoms with Crippen LogP contribution in [0.4, 0.5) is 23.0 Å². The Balaban J connectivity index is 2.00. The van der Waals surface area contributed by atoms with Gasteiger partial charge in [0.1, 0.15) is 6.33 Å². The lowest BCUT2D eigenvalue weighted by Crippen LogP contribution is -2.40. The van der Waals surface area contributed by atoms with E-state index >= 15 is 0 Å². The average molecular weight is 328 g/mol. The quantitative estimate of drug-likeness (QED) is 0.664. The molecular weight excluding hydrogens is 308 g/mol. The van der Waals surface area contributed by atoms with E-state index in [0.29, 0.717) is 11.5 Å². The van der Waals surface area contributed by atoms with Gasteiger partial charge in [-0.05, 0) is 37.8 Å². The molecule has 1 saturated heterocycles. The highest BCUT2D eigenvalue weighted by atomic mass is 16.6. The van der Waals surface area contributed by atoms with Crippen LogP contribution in [0, 0.1) is 10.1 Å². The van der Waals surface area contributed by atoms with Crippen LogP contribution in [-0.2, 0) is 0 Å². The normalized spacial score (nSPS) is 17.5. The highest BCUT2D eigenvalue weighted by molar-refractivity contribution is 5.74. The molecule has 2 aromatic heterocycles. The van der Waals surface area contributed by atoms with Gasteiger partial charge in [0.05, 0.1) is 4.92 Å². The fraction of sp³-hybridized carbons (Fsp3) is 0.438. The number of hydrogen-bond acceptors (Lipinski definition) is 7. The van der Waals surface area contributed by atoms with Crippen LogP contribution in [0.5, 0.6) is 0 Å². The monoisotopic (exact) mass is 328 g/mol. The highest BCUT2D eigenvalue weighted by Crippen LogP contribution is 2.36. The van der Waals surface area contributed by atoms with Crippen LogP contribution in [0.1, 0.15) is 32.6 Å². The first-order chi connectivity index (χ1) is 11.7. The Morgan fingerprint density at radius 3 is 2.83 bits per heavy atom. The van der Waals surface area contributed by atoms with Crippen molar-refractivity contribution in [3.8, 4) is 0 Å². The third-order valence-corrected chi connectivity index (χ3v) is 4.30. The summed E-state index contributed by atoms with van der Waals surface area (Å²) < 4.78 is 0. The van der Waals surface area contributed by atoms with Crippen LogP contribution < -0.4 is 10.2 Å². The van der Waals surface area contributed by atoms with Crippen molar-refractivity contribution in [2.45, 2.75) is 38.6 Å². The predicted molar refractivity (Wildman–Crippen MR) is 91.5 cm³/mol. The summed E-state index contributed by atoms with van der Waals surface area (Å²) in [5, 5.41) is 14.7. The Hall–Kier alpha value is -2.77. The smallest absolute Gasteiger partial charge is 0.348 e. The van der Waals surface area contributed by atoms with Gasteiger partial charge in [0, 0.05) is 30.7 Å². The molecule has 1 aliphatic heterocycles. The van der Waals surface area contributed by atoms with E-state index in [9.17, 15) is 10.1 Å². The zero-order valence-corrected chi connectivity index (χ0v) is 13.6. The van der Waals surface area contributed by atoms with Gasteiger partial charge in [-0.3, -0.25) is 15.1 Å². The molecule has 1 unspecified atom stereocenters. The van der Waals surface area contributed by atoms with E-state index < -0.39 is 4.92 Å². The van der Waals surface area contributed by atoms with Gasteiger partial charge in [0.2, 0.25) is 11.6 Å². The van der Waals surface area contributed by atoms with E-state index in [1.807, 2.05) is 0 Å². The SMILES string of the molecule is CCC1CCCCN1c1ncnc(Nc2ccncc2)c1[N+](=O)[O-]. The van der Waals surface area contributed by atoms with Crippen molar-refractivity contribution in [2.24, 2.45) is 0 Å². The number of pyridine rings is 1. The summed E-state index contributed by atoms with van der Waals surface area (Å²) in [6, 6.07) is 3.75. The van der Waals surface area contributed by atoms with Gasteiger partial charge in [0.25, 0.3) is 0 Å². The Bertz CT molecular complexity index is 709. The van der Waals surface area contributed by atoms with Gasteiger partial charge in [-0.2, -0.15) is 0 Å². The minimum atomic E-state index is -0.403. The second-order valence-electron chi connectivity index (χ2n) is 5.76. The van der Waals surface area contributed by atoms with E-state index in [1.165, 1.54) is 6.33 Å². The summed E-state index contributed by atoms with van der Waals surface area (Å²) >= 11 is 0. The summed E-state index contributed by atoms with van der Waals surface area (Å²) in [5.74, 6) is 0.606. The number of nitrogens with zero attached hydrogens (tertiary/aromatic N) is 5. The van der Waals surface area contributed by atoms with Crippen LogP contribution in [0.3, 0.4) is 0 Å². The van der Waals surface area contributed by atoms with E-state index in [0.717, 1.165) is 32.2 Å². The Morgan fingerprint density at radius 2 is 2.12 bits per heavy atom. The average Bonchev–Trinajstić information content (AvgIpc) is 2.62. The summed E-state index contributed by atoms with van der Waals surface area (Å²) in [6.07, 6.45) is 8.76. The second kappa shape index (κ2) is 7.20. The number of piperidine rings is 1. The molecule has 8 nitrogen and oxygen atoms in total. The molecule has 0 spiro atoms. The molecule has 0 bridgehead atoms. The van der Waals surface area contributed by atoms with Gasteiger partial charge in [-0.1, -0.05) is 6.92 Å². The van der Waals surface area contributed by atoms with Crippen molar-refractivity contribution >= 4 is 23.0 Å². The molecular formula is C16H20N6O2. The van der Waals surface area contributed by atoms with Crippen molar-refractivity contribution in [1.82, 2.24) is 15.0 Å². The van der Waals surface area contributed by atoms with Gasteiger partial charge < -0.3 is 10.2 Å². The minimum absolute atomic E-state index is 0.0744. The van der Waals surface area contributed by atoms with E-state index in [-0.39, 0.29) is 17.5 Å². The number of nitrogens with one attached hydrogen (secondary N) is 1. The maximum atomic E-state index is 11.7. The van der Waals surface area contributed by atoms with E-state index in [4.69, 9.17) is 0 Å². The summed E-state index contributed by atoms with van der Waals surface area (Å²) in [5.41, 5.74) is 0.623. The zero-order chi connectivity index (χ0) is 16.9. The van der Waals surface area contributed by atoms with Crippen molar-refractivity contribution in [2.75, 3.05) is 16.8 Å². The number of anilines is 3. The van der Waals surface area contributed by atoms with Gasteiger partial charge in [-0.25, -0.2) is 9.97 Å². The number of hydrogen-bond donors (Lipinski definition) is 1. The molecule has 0 aromatic carbocycles. The Morgan fingerprint density at radius 1 is 1.33 bits per heavy atom. The molecule has 2 aromatic rings. The molecule has 0 amide bonds. The van der Waals surface area contributed by atoms with Gasteiger partial charge >= 0.3 is 5.69 Å². The molecule has 1 N–H and O–H groups in total. The van der Waals surface area contributed by atoms with Crippen LogP contribution in [0.15, 0.2) is 30.9 Å². The molecule has 1 aliphatic rings. The van der Waals surface area contributed by atoms with Crippen molar-refractivity contribution in [3.05, 3.63) is 41.0 Å². The molecule has 3 heterocycles. The molecule has 8 heteroatoms. The zero-order valence-electron chi connectivity index (χ0n) is 13.6. The van der Waals surface area contributed by atoms with E-state index in [2.05, 4.69) is 32.1 Å². The first-order valence-corrected chi connectivity index (χ1v) is 8.13. The largest absolute Gasteiger partial charge is 0.353 e. The van der Waals surface area contributed by atoms with Gasteiger partial charge in [0.15, 0.2) is 0 Å². The lowest BCUT2D eigenvalue weighted by Gasteiger charge is -2.35. The predicted octanol–water partition coefficient (Wildman–Crippen LogP) is 3.29. The molecule has 0 aliphatic carbocycles. The van der Waals surface area contributed by atoms with Crippen LogP contribution >= 0.6 is 0 Å². The molecule has 0 radical (unpaired) electrons. The standard InChI is InChI=1S/C16H20N6O2/c1-2-13-5-3-4-10-21(13)16-14(22(23)24)15(18-11-19-16)20-12-6-8-17-9-7-12/h6-9,11,13H,2-5,10H2,1H3,(H,17,18,19,20). The highest BCUT2D eigenvalue weighted by Gasteiger charge is 2.31. The topological polar surface area (TPSA) is 97.1 Å². The van der Waals surface area contributed by atoms with Crippen LogP contribution in [0.25, 0.3) is 0 Å². The first kappa shape index (κ1) is 16.1. The molecule has 24 heavy (non-hydrogen) atoms. The molecule has 3 rings (SSSR count). The van der Waals surface area contributed by atoms with Crippen LogP contribution in [0.2, 0.25) is 0 Å². The fourth-order valence-electron chi connectivity index (χ4n) is 3.12. The Labute approximate surface area is 140 Å². The van der Waals surface area contributed by atoms with Crippen molar-refractivity contribution in [1.29, 1.82) is 0 Å². The summed E-state index contributed by atoms with van der Waals surface area (Å²) in [6.45, 7) is 2.89. The molecule has 1 atom stereocenters.